The average Bonchev–Trinajstić information content (AvgIpc) is 2.65. The van der Waals surface area contributed by atoms with Crippen LogP contribution < -0.4 is 10.5 Å². The molecule has 1 rings (SSSR count). The average molecular weight is 285 g/mol. The zero-order valence-electron chi connectivity index (χ0n) is 9.26. The normalized spacial score (nSPS) is 13.2. The Hall–Kier alpha value is -0.140. The maximum absolute atomic E-state index is 11.8. The van der Waals surface area contributed by atoms with E-state index in [1.54, 1.807) is 13.0 Å². The van der Waals surface area contributed by atoms with Crippen LogP contribution in [0.25, 0.3) is 0 Å². The quantitative estimate of drug-likeness (QED) is 0.857. The minimum Gasteiger partial charge on any atom is -0.329 e. The van der Waals surface area contributed by atoms with Gasteiger partial charge < -0.3 is 5.73 Å². The van der Waals surface area contributed by atoms with E-state index in [-0.39, 0.29) is 18.4 Å². The third-order valence-electron chi connectivity index (χ3n) is 1.96. The summed E-state index contributed by atoms with van der Waals surface area (Å²) in [6.45, 7) is 4.04. The van der Waals surface area contributed by atoms with Crippen molar-refractivity contribution in [1.82, 2.24) is 4.72 Å². The van der Waals surface area contributed by atoms with Gasteiger partial charge >= 0.3 is 0 Å². The Morgan fingerprint density at radius 2 is 2.12 bits per heavy atom. The monoisotopic (exact) mass is 284 g/mol. The van der Waals surface area contributed by atoms with E-state index in [1.165, 1.54) is 11.3 Å². The molecule has 1 atom stereocenters. The molecular weight excluding hydrogens is 268 g/mol. The Morgan fingerprint density at radius 1 is 1.50 bits per heavy atom. The second kappa shape index (κ2) is 6.56. The van der Waals surface area contributed by atoms with Crippen molar-refractivity contribution < 1.29 is 8.42 Å². The molecule has 7 heteroatoms. The standard InChI is InChI=1S/C9H16N2O2S2.ClH/c1-3-8-4-5-9(14-8)15(12,13)11-7(2)6-10;/h4-5,7,11H,3,6,10H2,1-2H3;1H/t7-;/m1./s1. The highest BCUT2D eigenvalue weighted by atomic mass is 35.5. The van der Waals surface area contributed by atoms with E-state index < -0.39 is 10.0 Å². The van der Waals surface area contributed by atoms with Crippen LogP contribution in [0.5, 0.6) is 0 Å². The van der Waals surface area contributed by atoms with Gasteiger partial charge in [0.15, 0.2) is 0 Å². The van der Waals surface area contributed by atoms with Gasteiger partial charge in [0.1, 0.15) is 4.21 Å². The molecule has 3 N–H and O–H groups in total. The number of thiophene rings is 1. The highest BCUT2D eigenvalue weighted by Crippen LogP contribution is 2.21. The fourth-order valence-corrected chi connectivity index (χ4v) is 3.63. The lowest BCUT2D eigenvalue weighted by atomic mass is 10.4. The molecule has 4 nitrogen and oxygen atoms in total. The molecule has 0 aliphatic heterocycles. The van der Waals surface area contributed by atoms with E-state index >= 15 is 0 Å². The second-order valence-electron chi connectivity index (χ2n) is 3.33. The van der Waals surface area contributed by atoms with Gasteiger partial charge in [-0.1, -0.05) is 6.92 Å². The number of nitrogens with one attached hydrogen (secondary N) is 1. The van der Waals surface area contributed by atoms with Crippen LogP contribution in [0, 0.1) is 0 Å². The first kappa shape index (κ1) is 15.9. The molecule has 0 aromatic carbocycles. The summed E-state index contributed by atoms with van der Waals surface area (Å²) in [7, 11) is -3.37. The maximum atomic E-state index is 11.8. The van der Waals surface area contributed by atoms with Crippen LogP contribution >= 0.6 is 23.7 Å². The molecule has 1 aromatic heterocycles. The van der Waals surface area contributed by atoms with Crippen molar-refractivity contribution >= 4 is 33.8 Å². The number of sulfonamides is 1. The highest BCUT2D eigenvalue weighted by Gasteiger charge is 2.18. The largest absolute Gasteiger partial charge is 0.329 e. The molecule has 1 heterocycles. The van der Waals surface area contributed by atoms with Gasteiger partial charge in [0.25, 0.3) is 0 Å². The summed E-state index contributed by atoms with van der Waals surface area (Å²) in [6.07, 6.45) is 0.854. The van der Waals surface area contributed by atoms with E-state index in [2.05, 4.69) is 4.72 Å². The number of hydrogen-bond acceptors (Lipinski definition) is 4. The van der Waals surface area contributed by atoms with Gasteiger partial charge in [0.2, 0.25) is 10.0 Å². The molecule has 0 radical (unpaired) electrons. The smallest absolute Gasteiger partial charge is 0.250 e. The summed E-state index contributed by atoms with van der Waals surface area (Å²) in [5, 5.41) is 0. The molecule has 0 spiro atoms. The predicted molar refractivity (Wildman–Crippen MR) is 69.8 cm³/mol. The fraction of sp³-hybridized carbons (Fsp3) is 0.556. The van der Waals surface area contributed by atoms with Crippen molar-refractivity contribution in [3.8, 4) is 0 Å². The van der Waals surface area contributed by atoms with Crippen LogP contribution in [-0.4, -0.2) is 21.0 Å². The van der Waals surface area contributed by atoms with Crippen LogP contribution in [0.15, 0.2) is 16.3 Å². The molecule has 0 saturated carbocycles. The van der Waals surface area contributed by atoms with Crippen molar-refractivity contribution in [1.29, 1.82) is 0 Å². The first-order valence-electron chi connectivity index (χ1n) is 4.80. The first-order valence-corrected chi connectivity index (χ1v) is 7.10. The zero-order valence-corrected chi connectivity index (χ0v) is 11.7. The number of halogens is 1. The summed E-state index contributed by atoms with van der Waals surface area (Å²) in [6, 6.07) is 3.24. The SMILES string of the molecule is CCc1ccc(S(=O)(=O)N[C@H](C)CN)s1.Cl. The van der Waals surface area contributed by atoms with Crippen molar-refractivity contribution in [2.24, 2.45) is 5.73 Å². The van der Waals surface area contributed by atoms with E-state index in [4.69, 9.17) is 5.73 Å². The summed E-state index contributed by atoms with van der Waals surface area (Å²) in [5.41, 5.74) is 5.37. The molecule has 16 heavy (non-hydrogen) atoms. The van der Waals surface area contributed by atoms with Gasteiger partial charge in [-0.3, -0.25) is 0 Å². The Morgan fingerprint density at radius 3 is 2.56 bits per heavy atom. The highest BCUT2D eigenvalue weighted by molar-refractivity contribution is 7.91. The van der Waals surface area contributed by atoms with Gasteiger partial charge in [-0.15, -0.1) is 23.7 Å². The molecule has 0 aliphatic rings. The Labute approximate surface area is 107 Å². The Balaban J connectivity index is 0.00000225. The van der Waals surface area contributed by atoms with Crippen LogP contribution in [-0.2, 0) is 16.4 Å². The van der Waals surface area contributed by atoms with Gasteiger partial charge in [-0.05, 0) is 25.5 Å². The van der Waals surface area contributed by atoms with E-state index in [1.807, 2.05) is 13.0 Å². The van der Waals surface area contributed by atoms with E-state index in [0.29, 0.717) is 10.8 Å². The van der Waals surface area contributed by atoms with Gasteiger partial charge in [-0.25, -0.2) is 13.1 Å². The molecule has 0 unspecified atom stereocenters. The summed E-state index contributed by atoms with van der Waals surface area (Å²) in [4.78, 5) is 1.07. The molecule has 1 aromatic rings. The summed E-state index contributed by atoms with van der Waals surface area (Å²) >= 11 is 1.30. The molecule has 0 saturated heterocycles. The number of rotatable bonds is 5. The van der Waals surface area contributed by atoms with Gasteiger partial charge in [0.05, 0.1) is 0 Å². The third-order valence-corrected chi connectivity index (χ3v) is 5.27. The van der Waals surface area contributed by atoms with Crippen LogP contribution in [0.1, 0.15) is 18.7 Å². The van der Waals surface area contributed by atoms with E-state index in [9.17, 15) is 8.42 Å². The lowest BCUT2D eigenvalue weighted by Gasteiger charge is -2.10. The van der Waals surface area contributed by atoms with Crippen LogP contribution in [0.4, 0.5) is 0 Å². The topological polar surface area (TPSA) is 72.2 Å². The predicted octanol–water partition coefficient (Wildman–Crippen LogP) is 1.36. The number of nitrogens with two attached hydrogens (primary N) is 1. The lowest BCUT2D eigenvalue weighted by Crippen LogP contribution is -2.37. The van der Waals surface area contributed by atoms with Gasteiger partial charge in [-0.2, -0.15) is 0 Å². The Kier molecular flexibility index (Phi) is 6.50. The maximum Gasteiger partial charge on any atom is 0.250 e. The third kappa shape index (κ3) is 4.03. The van der Waals surface area contributed by atoms with Crippen LogP contribution in [0.3, 0.4) is 0 Å². The molecule has 0 amide bonds. The molecular formula is C9H17ClN2O2S2. The fourth-order valence-electron chi connectivity index (χ4n) is 1.06. The molecule has 0 bridgehead atoms. The van der Waals surface area contributed by atoms with Crippen molar-refractivity contribution in [3.05, 3.63) is 17.0 Å². The number of aryl methyl sites for hydroxylation is 1. The van der Waals surface area contributed by atoms with Crippen molar-refractivity contribution in [3.63, 3.8) is 0 Å². The zero-order chi connectivity index (χ0) is 11.5. The lowest BCUT2D eigenvalue weighted by molar-refractivity contribution is 0.564. The molecule has 0 fully saturated rings. The number of hydrogen-bond donors (Lipinski definition) is 2. The van der Waals surface area contributed by atoms with Crippen molar-refractivity contribution in [2.75, 3.05) is 6.54 Å². The Bertz CT molecular complexity index is 417. The first-order chi connectivity index (χ1) is 6.99. The molecule has 94 valence electrons. The summed E-state index contributed by atoms with van der Waals surface area (Å²) < 4.78 is 26.4. The van der Waals surface area contributed by atoms with Gasteiger partial charge in [0, 0.05) is 17.5 Å². The second-order valence-corrected chi connectivity index (χ2v) is 6.44. The summed E-state index contributed by atoms with van der Waals surface area (Å²) in [5.74, 6) is 0. The van der Waals surface area contributed by atoms with Crippen LogP contribution in [0.2, 0.25) is 0 Å². The minimum atomic E-state index is -3.37. The molecule has 0 aliphatic carbocycles. The van der Waals surface area contributed by atoms with E-state index in [0.717, 1.165) is 11.3 Å². The van der Waals surface area contributed by atoms with Crippen molar-refractivity contribution in [2.45, 2.75) is 30.5 Å². The minimum absolute atomic E-state index is 0.